The normalized spacial score (nSPS) is 18.5. The van der Waals surface area contributed by atoms with E-state index < -0.39 is 0 Å². The molecule has 1 atom stereocenters. The molecule has 1 N–H and O–H groups in total. The van der Waals surface area contributed by atoms with Crippen molar-refractivity contribution in [3.63, 3.8) is 0 Å². The number of carbonyl (C=O) groups excluding carboxylic acids is 1. The summed E-state index contributed by atoms with van der Waals surface area (Å²) in [5.74, 6) is 2.00. The van der Waals surface area contributed by atoms with Gasteiger partial charge in [-0.05, 0) is 41.5 Å². The van der Waals surface area contributed by atoms with Gasteiger partial charge in [-0.1, -0.05) is 38.1 Å². The Hall–Kier alpha value is -2.75. The number of methoxy groups -OCH3 is 2. The third-order valence-corrected chi connectivity index (χ3v) is 5.83. The number of ketones is 1. The van der Waals surface area contributed by atoms with Gasteiger partial charge in [-0.2, -0.15) is 0 Å². The van der Waals surface area contributed by atoms with Gasteiger partial charge in [0.2, 0.25) is 0 Å². The largest absolute Gasteiger partial charge is 0.493 e. The van der Waals surface area contributed by atoms with E-state index in [0.29, 0.717) is 23.8 Å². The van der Waals surface area contributed by atoms with Crippen LogP contribution >= 0.6 is 0 Å². The van der Waals surface area contributed by atoms with E-state index >= 15 is 0 Å². The van der Waals surface area contributed by atoms with Crippen LogP contribution in [0.5, 0.6) is 11.5 Å². The number of ether oxygens (including phenoxy) is 2. The van der Waals surface area contributed by atoms with Crippen LogP contribution in [0.2, 0.25) is 0 Å². The smallest absolute Gasteiger partial charge is 0.162 e. The lowest BCUT2D eigenvalue weighted by Crippen LogP contribution is -2.27. The number of allylic oxidation sites excluding steroid dienone is 2. The summed E-state index contributed by atoms with van der Waals surface area (Å²) < 4.78 is 11.0. The molecule has 28 heavy (non-hydrogen) atoms. The van der Waals surface area contributed by atoms with Gasteiger partial charge >= 0.3 is 0 Å². The molecule has 0 radical (unpaired) electrons. The van der Waals surface area contributed by atoms with Crippen molar-refractivity contribution in [1.82, 2.24) is 0 Å². The predicted octanol–water partition coefficient (Wildman–Crippen LogP) is 5.39. The Morgan fingerprint density at radius 1 is 1.00 bits per heavy atom. The van der Waals surface area contributed by atoms with Gasteiger partial charge in [0.25, 0.3) is 0 Å². The van der Waals surface area contributed by atoms with E-state index in [-0.39, 0.29) is 11.7 Å². The van der Waals surface area contributed by atoms with Crippen molar-refractivity contribution in [1.29, 1.82) is 0 Å². The highest BCUT2D eigenvalue weighted by Crippen LogP contribution is 2.48. The number of rotatable bonds is 4. The zero-order valence-electron chi connectivity index (χ0n) is 17.0. The summed E-state index contributed by atoms with van der Waals surface area (Å²) in [5, 5.41) is 3.51. The number of carbonyl (C=O) groups is 1. The zero-order valence-corrected chi connectivity index (χ0v) is 17.0. The molecule has 0 bridgehead atoms. The maximum absolute atomic E-state index is 12.9. The molecule has 146 valence electrons. The molecule has 1 aliphatic carbocycles. The van der Waals surface area contributed by atoms with E-state index in [1.165, 1.54) is 5.56 Å². The molecule has 1 aliphatic heterocycles. The van der Waals surface area contributed by atoms with Crippen molar-refractivity contribution in [3.05, 3.63) is 64.4 Å². The van der Waals surface area contributed by atoms with Gasteiger partial charge in [-0.3, -0.25) is 4.79 Å². The minimum absolute atomic E-state index is 0.0833. The zero-order chi connectivity index (χ0) is 19.8. The molecule has 2 aromatic carbocycles. The molecule has 1 heterocycles. The first-order chi connectivity index (χ1) is 13.5. The first-order valence-corrected chi connectivity index (χ1v) is 9.92. The fourth-order valence-corrected chi connectivity index (χ4v) is 4.31. The summed E-state index contributed by atoms with van der Waals surface area (Å²) in [6.45, 7) is 4.38. The molecular weight excluding hydrogens is 350 g/mol. The number of nitrogens with one attached hydrogen (secondary N) is 1. The van der Waals surface area contributed by atoms with Crippen LogP contribution < -0.4 is 14.8 Å². The third kappa shape index (κ3) is 3.07. The predicted molar refractivity (Wildman–Crippen MR) is 111 cm³/mol. The quantitative estimate of drug-likeness (QED) is 0.776. The molecule has 4 rings (SSSR count). The summed E-state index contributed by atoms with van der Waals surface area (Å²) in [6.07, 6.45) is 2.41. The van der Waals surface area contributed by atoms with E-state index in [1.54, 1.807) is 14.2 Å². The van der Waals surface area contributed by atoms with Gasteiger partial charge in [0.05, 0.1) is 14.2 Å². The molecule has 0 unspecified atom stereocenters. The number of hydrogen-bond donors (Lipinski definition) is 1. The highest BCUT2D eigenvalue weighted by molar-refractivity contribution is 6.01. The van der Waals surface area contributed by atoms with Crippen molar-refractivity contribution in [2.45, 2.75) is 44.9 Å². The average Bonchev–Trinajstić information content (AvgIpc) is 2.71. The van der Waals surface area contributed by atoms with Gasteiger partial charge in [0.15, 0.2) is 17.3 Å². The number of hydrogen-bond acceptors (Lipinski definition) is 4. The van der Waals surface area contributed by atoms with Crippen molar-refractivity contribution in [3.8, 4) is 11.5 Å². The van der Waals surface area contributed by atoms with Gasteiger partial charge in [-0.25, -0.2) is 0 Å². The lowest BCUT2D eigenvalue weighted by Gasteiger charge is -2.34. The monoisotopic (exact) mass is 377 g/mol. The first-order valence-electron chi connectivity index (χ1n) is 9.92. The Morgan fingerprint density at radius 2 is 1.68 bits per heavy atom. The second-order valence-electron chi connectivity index (χ2n) is 7.84. The van der Waals surface area contributed by atoms with Crippen LogP contribution in [0, 0.1) is 0 Å². The molecule has 2 aliphatic rings. The molecule has 4 heteroatoms. The molecule has 0 aromatic heterocycles. The van der Waals surface area contributed by atoms with Gasteiger partial charge in [0.1, 0.15) is 0 Å². The lowest BCUT2D eigenvalue weighted by atomic mass is 9.75. The van der Waals surface area contributed by atoms with Crippen molar-refractivity contribution >= 4 is 11.5 Å². The Labute approximate surface area is 166 Å². The van der Waals surface area contributed by atoms with Gasteiger partial charge in [0, 0.05) is 35.4 Å². The molecule has 0 fully saturated rings. The second-order valence-corrected chi connectivity index (χ2v) is 7.84. The summed E-state index contributed by atoms with van der Waals surface area (Å²) in [6, 6.07) is 12.7. The maximum Gasteiger partial charge on any atom is 0.162 e. The summed E-state index contributed by atoms with van der Waals surface area (Å²) >= 11 is 0. The van der Waals surface area contributed by atoms with Crippen LogP contribution in [0.1, 0.15) is 61.6 Å². The summed E-state index contributed by atoms with van der Waals surface area (Å²) in [7, 11) is 3.29. The van der Waals surface area contributed by atoms with E-state index in [1.807, 2.05) is 12.1 Å². The average molecular weight is 377 g/mol. The lowest BCUT2D eigenvalue weighted by molar-refractivity contribution is -0.116. The fraction of sp³-hybridized carbons (Fsp3) is 0.375. The number of anilines is 1. The Bertz CT molecular complexity index is 941. The van der Waals surface area contributed by atoms with Crippen LogP contribution in [0.4, 0.5) is 5.69 Å². The van der Waals surface area contributed by atoms with Crippen LogP contribution in [0.3, 0.4) is 0 Å². The summed E-state index contributed by atoms with van der Waals surface area (Å²) in [4.78, 5) is 12.9. The topological polar surface area (TPSA) is 47.6 Å². The highest BCUT2D eigenvalue weighted by Gasteiger charge is 2.35. The fourth-order valence-electron chi connectivity index (χ4n) is 4.31. The van der Waals surface area contributed by atoms with Crippen molar-refractivity contribution in [2.75, 3.05) is 19.5 Å². The molecule has 0 saturated heterocycles. The molecule has 2 aromatic rings. The minimum atomic E-state index is -0.0833. The SMILES string of the molecule is COc1cc2c(cc1OC)[C@H](c1ccc(C(C)C)cc1)C1=C(CCCC1=O)N2. The number of benzene rings is 2. The van der Waals surface area contributed by atoms with E-state index in [0.717, 1.165) is 40.9 Å². The summed E-state index contributed by atoms with van der Waals surface area (Å²) in [5.41, 5.74) is 6.45. The van der Waals surface area contributed by atoms with Crippen molar-refractivity contribution in [2.24, 2.45) is 0 Å². The van der Waals surface area contributed by atoms with Gasteiger partial charge in [-0.15, -0.1) is 0 Å². The van der Waals surface area contributed by atoms with Crippen LogP contribution in [0.25, 0.3) is 0 Å². The third-order valence-electron chi connectivity index (χ3n) is 5.83. The molecule has 0 spiro atoms. The second kappa shape index (κ2) is 7.34. The van der Waals surface area contributed by atoms with E-state index in [9.17, 15) is 4.79 Å². The van der Waals surface area contributed by atoms with Crippen LogP contribution in [0.15, 0.2) is 47.7 Å². The molecule has 0 amide bonds. The Kier molecular flexibility index (Phi) is 4.88. The minimum Gasteiger partial charge on any atom is -0.493 e. The van der Waals surface area contributed by atoms with Crippen molar-refractivity contribution < 1.29 is 14.3 Å². The number of Topliss-reactive ketones (excluding diaryl/α,β-unsaturated/α-hetero) is 1. The van der Waals surface area contributed by atoms with E-state index in [2.05, 4.69) is 43.4 Å². The van der Waals surface area contributed by atoms with Gasteiger partial charge < -0.3 is 14.8 Å². The maximum atomic E-state index is 12.9. The Morgan fingerprint density at radius 3 is 2.32 bits per heavy atom. The van der Waals surface area contributed by atoms with Crippen LogP contribution in [-0.4, -0.2) is 20.0 Å². The first kappa shape index (κ1) is 18.6. The number of fused-ring (bicyclic) bond motifs is 1. The molecule has 0 saturated carbocycles. The molecule has 4 nitrogen and oxygen atoms in total. The van der Waals surface area contributed by atoms with E-state index in [4.69, 9.17) is 9.47 Å². The van der Waals surface area contributed by atoms with Crippen LogP contribution in [-0.2, 0) is 4.79 Å². The highest BCUT2D eigenvalue weighted by atomic mass is 16.5. The Balaban J connectivity index is 1.90. The molecular formula is C24H27NO3. The standard InChI is InChI=1S/C24H27NO3/c1-14(2)15-8-10-16(11-9-15)23-17-12-21(27-3)22(28-4)13-19(17)25-18-6-5-7-20(26)24(18)23/h8-14,23,25H,5-7H2,1-4H3/t23-/m0/s1.